The molecule has 4 rings (SSSR count). The number of rotatable bonds is 7. The van der Waals surface area contributed by atoms with Crippen molar-refractivity contribution in [2.45, 2.75) is 51.2 Å². The van der Waals surface area contributed by atoms with Crippen LogP contribution >= 0.6 is 0 Å². The number of benzene rings is 2. The molecule has 1 fully saturated rings. The van der Waals surface area contributed by atoms with Gasteiger partial charge in [0.25, 0.3) is 0 Å². The van der Waals surface area contributed by atoms with Crippen molar-refractivity contribution in [2.75, 3.05) is 31.4 Å². The largest absolute Gasteiger partial charge is 0.497 e. The van der Waals surface area contributed by atoms with Crippen LogP contribution in [0.25, 0.3) is 0 Å². The Morgan fingerprint density at radius 3 is 2.24 bits per heavy atom. The predicted octanol–water partition coefficient (Wildman–Crippen LogP) is 4.88. The predicted molar refractivity (Wildman–Crippen MR) is 137 cm³/mol. The van der Waals surface area contributed by atoms with Crippen molar-refractivity contribution < 1.29 is 33.7 Å². The SMILES string of the molecule is COc1cc(NC(=O)Nc2ccc3c(c2)CCN(C(=O)OC2CCC(CC(=O)O)CC2)C3)cc(OC)c1. The highest BCUT2D eigenvalue weighted by Gasteiger charge is 2.28. The molecular formula is C27H33N3O7. The zero-order valence-corrected chi connectivity index (χ0v) is 21.1. The normalized spacial score (nSPS) is 18.8. The molecule has 0 unspecified atom stereocenters. The van der Waals surface area contributed by atoms with Crippen LogP contribution in [0.5, 0.6) is 11.5 Å². The fraction of sp³-hybridized carbons (Fsp3) is 0.444. The van der Waals surface area contributed by atoms with E-state index in [1.807, 2.05) is 18.2 Å². The van der Waals surface area contributed by atoms with Crippen LogP contribution in [0.3, 0.4) is 0 Å². The maximum Gasteiger partial charge on any atom is 0.410 e. The van der Waals surface area contributed by atoms with Gasteiger partial charge in [0.05, 0.1) is 14.2 Å². The topological polar surface area (TPSA) is 126 Å². The summed E-state index contributed by atoms with van der Waals surface area (Å²) in [6.45, 7) is 0.970. The number of aliphatic carboxylic acids is 1. The lowest BCUT2D eigenvalue weighted by molar-refractivity contribution is -0.138. The minimum Gasteiger partial charge on any atom is -0.497 e. The minimum absolute atomic E-state index is 0.159. The van der Waals surface area contributed by atoms with Crippen molar-refractivity contribution in [2.24, 2.45) is 5.92 Å². The Hall–Kier alpha value is -3.95. The number of carboxylic acids is 1. The lowest BCUT2D eigenvalue weighted by Gasteiger charge is -2.32. The van der Waals surface area contributed by atoms with Gasteiger partial charge in [-0.3, -0.25) is 4.79 Å². The van der Waals surface area contributed by atoms with E-state index < -0.39 is 12.0 Å². The second-order valence-electron chi connectivity index (χ2n) is 9.46. The van der Waals surface area contributed by atoms with Gasteiger partial charge in [0.1, 0.15) is 17.6 Å². The molecule has 1 aliphatic heterocycles. The maximum atomic E-state index is 12.7. The number of methoxy groups -OCH3 is 2. The van der Waals surface area contributed by atoms with Crippen LogP contribution in [-0.2, 0) is 22.5 Å². The van der Waals surface area contributed by atoms with E-state index >= 15 is 0 Å². The summed E-state index contributed by atoms with van der Waals surface area (Å²) < 4.78 is 16.2. The Balaban J connectivity index is 1.29. The summed E-state index contributed by atoms with van der Waals surface area (Å²) in [5.74, 6) is 0.524. The van der Waals surface area contributed by atoms with Crippen LogP contribution in [0.15, 0.2) is 36.4 Å². The summed E-state index contributed by atoms with van der Waals surface area (Å²) in [5, 5.41) is 14.6. The summed E-state index contributed by atoms with van der Waals surface area (Å²) in [4.78, 5) is 37.9. The van der Waals surface area contributed by atoms with Gasteiger partial charge in [-0.2, -0.15) is 0 Å². The molecule has 0 aromatic heterocycles. The number of ether oxygens (including phenoxy) is 3. The van der Waals surface area contributed by atoms with E-state index in [1.54, 1.807) is 37.3 Å². The second kappa shape index (κ2) is 11.9. The Bertz CT molecular complexity index is 1120. The van der Waals surface area contributed by atoms with Gasteiger partial charge in [0, 0.05) is 49.1 Å². The molecule has 10 heteroatoms. The zero-order chi connectivity index (χ0) is 26.4. The van der Waals surface area contributed by atoms with E-state index in [0.29, 0.717) is 55.2 Å². The first kappa shape index (κ1) is 26.1. The van der Waals surface area contributed by atoms with E-state index in [2.05, 4.69) is 10.6 Å². The highest BCUT2D eigenvalue weighted by Crippen LogP contribution is 2.30. The molecule has 0 radical (unpaired) electrons. The summed E-state index contributed by atoms with van der Waals surface area (Å²) in [5.41, 5.74) is 3.27. The van der Waals surface area contributed by atoms with Crippen molar-refractivity contribution in [3.63, 3.8) is 0 Å². The smallest absolute Gasteiger partial charge is 0.410 e. The van der Waals surface area contributed by atoms with Gasteiger partial charge in [0.2, 0.25) is 0 Å². The first-order valence-corrected chi connectivity index (χ1v) is 12.4. The molecule has 2 aromatic carbocycles. The average molecular weight is 512 g/mol. The van der Waals surface area contributed by atoms with Crippen LogP contribution < -0.4 is 20.1 Å². The summed E-state index contributed by atoms with van der Waals surface area (Å²) in [6, 6.07) is 10.4. The van der Waals surface area contributed by atoms with Gasteiger partial charge >= 0.3 is 18.1 Å². The first-order valence-electron chi connectivity index (χ1n) is 12.4. The van der Waals surface area contributed by atoms with E-state index in [4.69, 9.17) is 19.3 Å². The molecule has 0 saturated heterocycles. The number of nitrogens with zero attached hydrogens (tertiary/aromatic N) is 1. The molecule has 0 spiro atoms. The van der Waals surface area contributed by atoms with Gasteiger partial charge in [-0.1, -0.05) is 6.07 Å². The Morgan fingerprint density at radius 2 is 1.59 bits per heavy atom. The Kier molecular flexibility index (Phi) is 8.37. The Labute approximate surface area is 215 Å². The van der Waals surface area contributed by atoms with Crippen molar-refractivity contribution in [1.82, 2.24) is 4.90 Å². The van der Waals surface area contributed by atoms with E-state index in [9.17, 15) is 14.4 Å². The summed E-state index contributed by atoms with van der Waals surface area (Å²) in [7, 11) is 3.09. The quantitative estimate of drug-likeness (QED) is 0.484. The van der Waals surface area contributed by atoms with Gasteiger partial charge in [-0.15, -0.1) is 0 Å². The molecule has 37 heavy (non-hydrogen) atoms. The fourth-order valence-electron chi connectivity index (χ4n) is 4.88. The number of carbonyl (C=O) groups is 3. The number of urea groups is 1. The fourth-order valence-corrected chi connectivity index (χ4v) is 4.88. The standard InChI is InChI=1S/C27H33N3O7/c1-35-23-13-21(14-24(15-23)36-2)29-26(33)28-20-6-5-19-16-30(10-9-18(19)12-20)27(34)37-22-7-3-17(4-8-22)11-25(31)32/h5-6,12-15,17,22H,3-4,7-11,16H2,1-2H3,(H,31,32)(H2,28,29,33). The lowest BCUT2D eigenvalue weighted by Crippen LogP contribution is -2.39. The minimum atomic E-state index is -0.774. The van der Waals surface area contributed by atoms with Crippen molar-refractivity contribution in [3.8, 4) is 11.5 Å². The van der Waals surface area contributed by atoms with E-state index in [-0.39, 0.29) is 24.5 Å². The van der Waals surface area contributed by atoms with E-state index in [1.165, 1.54) is 0 Å². The second-order valence-corrected chi connectivity index (χ2v) is 9.46. The van der Waals surface area contributed by atoms with Crippen LogP contribution in [-0.4, -0.2) is 55.0 Å². The third-order valence-corrected chi connectivity index (χ3v) is 6.87. The maximum absolute atomic E-state index is 12.7. The number of carboxylic acid groups (broad SMARTS) is 1. The molecule has 3 N–H and O–H groups in total. The number of hydrogen-bond acceptors (Lipinski definition) is 6. The van der Waals surface area contributed by atoms with Gasteiger partial charge < -0.3 is 34.9 Å². The molecule has 2 aliphatic rings. The summed E-state index contributed by atoms with van der Waals surface area (Å²) in [6.07, 6.45) is 3.28. The van der Waals surface area contributed by atoms with Gasteiger partial charge in [0.15, 0.2) is 0 Å². The third kappa shape index (κ3) is 7.05. The Morgan fingerprint density at radius 1 is 0.919 bits per heavy atom. The zero-order valence-electron chi connectivity index (χ0n) is 21.1. The summed E-state index contributed by atoms with van der Waals surface area (Å²) >= 11 is 0. The molecular weight excluding hydrogens is 478 g/mol. The number of carbonyl (C=O) groups excluding carboxylic acids is 2. The molecule has 0 atom stereocenters. The molecule has 198 valence electrons. The monoisotopic (exact) mass is 511 g/mol. The highest BCUT2D eigenvalue weighted by molar-refractivity contribution is 6.00. The van der Waals surface area contributed by atoms with Crippen molar-refractivity contribution >= 4 is 29.5 Å². The number of amides is 3. The number of fused-ring (bicyclic) bond motifs is 1. The molecule has 1 saturated carbocycles. The number of nitrogens with one attached hydrogen (secondary N) is 2. The van der Waals surface area contributed by atoms with Crippen molar-refractivity contribution in [3.05, 3.63) is 47.5 Å². The lowest BCUT2D eigenvalue weighted by atomic mass is 9.85. The molecule has 2 aromatic rings. The van der Waals surface area contributed by atoms with Crippen LogP contribution in [0.1, 0.15) is 43.2 Å². The third-order valence-electron chi connectivity index (χ3n) is 6.87. The van der Waals surface area contributed by atoms with Crippen molar-refractivity contribution in [1.29, 1.82) is 0 Å². The highest BCUT2D eigenvalue weighted by atomic mass is 16.6. The molecule has 3 amide bonds. The van der Waals surface area contributed by atoms with E-state index in [0.717, 1.165) is 24.0 Å². The molecule has 0 bridgehead atoms. The van der Waals surface area contributed by atoms with Crippen LogP contribution in [0.4, 0.5) is 21.0 Å². The molecule has 10 nitrogen and oxygen atoms in total. The van der Waals surface area contributed by atoms with Crippen LogP contribution in [0, 0.1) is 5.92 Å². The molecule has 1 aliphatic carbocycles. The van der Waals surface area contributed by atoms with Gasteiger partial charge in [-0.05, 0) is 61.3 Å². The molecule has 1 heterocycles. The first-order chi connectivity index (χ1) is 17.8. The van der Waals surface area contributed by atoms with Crippen LogP contribution in [0.2, 0.25) is 0 Å². The number of hydrogen-bond donors (Lipinski definition) is 3. The van der Waals surface area contributed by atoms with Gasteiger partial charge in [-0.25, -0.2) is 9.59 Å². The number of anilines is 2. The average Bonchev–Trinajstić information content (AvgIpc) is 2.88.